The first-order valence-corrected chi connectivity index (χ1v) is 8.81. The molecule has 6 heteroatoms. The van der Waals surface area contributed by atoms with Gasteiger partial charge in [-0.05, 0) is 25.0 Å². The van der Waals surface area contributed by atoms with E-state index in [1.54, 1.807) is 17.2 Å². The van der Waals surface area contributed by atoms with E-state index in [1.165, 1.54) is 0 Å². The van der Waals surface area contributed by atoms with Gasteiger partial charge in [0, 0.05) is 26.2 Å². The Balaban J connectivity index is 2.51. The maximum Gasteiger partial charge on any atom is 0.262 e. The van der Waals surface area contributed by atoms with Gasteiger partial charge in [-0.15, -0.1) is 0 Å². The third kappa shape index (κ3) is 4.32. The molecular formula is C19H27N5O. The molecule has 25 heavy (non-hydrogen) atoms. The maximum atomic E-state index is 12.8. The van der Waals surface area contributed by atoms with Gasteiger partial charge < -0.3 is 15.3 Å². The van der Waals surface area contributed by atoms with Crippen LogP contribution in [-0.2, 0) is 0 Å². The first-order chi connectivity index (χ1) is 12.0. The number of nitrogens with zero attached hydrogens (tertiary/aromatic N) is 3. The highest BCUT2D eigenvalue weighted by molar-refractivity contribution is 6.03. The highest BCUT2D eigenvalue weighted by Gasteiger charge is 2.23. The van der Waals surface area contributed by atoms with E-state index in [0.717, 1.165) is 25.7 Å². The van der Waals surface area contributed by atoms with Crippen molar-refractivity contribution in [2.45, 2.75) is 39.5 Å². The minimum Gasteiger partial charge on any atom is -0.362 e. The van der Waals surface area contributed by atoms with Gasteiger partial charge in [0.25, 0.3) is 5.56 Å². The molecule has 1 unspecified atom stereocenters. The van der Waals surface area contributed by atoms with Gasteiger partial charge in [-0.25, -0.2) is 4.98 Å². The van der Waals surface area contributed by atoms with E-state index in [2.05, 4.69) is 28.8 Å². The molecule has 2 N–H and O–H groups in total. The van der Waals surface area contributed by atoms with Crippen molar-refractivity contribution in [1.82, 2.24) is 15.0 Å². The average molecular weight is 341 g/mol. The summed E-state index contributed by atoms with van der Waals surface area (Å²) in [5, 5.41) is 8.61. The number of anilines is 1. The number of hydrogen-bond donors (Lipinski definition) is 2. The Bertz CT molecular complexity index is 767. The summed E-state index contributed by atoms with van der Waals surface area (Å²) in [6.45, 7) is 4.20. The predicted molar refractivity (Wildman–Crippen MR) is 103 cm³/mol. The van der Waals surface area contributed by atoms with Crippen LogP contribution in [0.3, 0.4) is 0 Å². The number of aromatic nitrogens is 3. The van der Waals surface area contributed by atoms with E-state index in [1.807, 2.05) is 26.2 Å². The molecule has 2 aromatic rings. The van der Waals surface area contributed by atoms with Gasteiger partial charge in [0.1, 0.15) is 17.1 Å². The van der Waals surface area contributed by atoms with Gasteiger partial charge in [0.15, 0.2) is 5.82 Å². The Morgan fingerprint density at radius 2 is 2.08 bits per heavy atom. The number of pyridine rings is 1. The lowest BCUT2D eigenvalue weighted by Crippen LogP contribution is -2.29. The molecular weight excluding hydrogens is 314 g/mol. The lowest BCUT2D eigenvalue weighted by atomic mass is 9.90. The highest BCUT2D eigenvalue weighted by atomic mass is 16.1. The molecule has 0 fully saturated rings. The van der Waals surface area contributed by atoms with Gasteiger partial charge in [-0.2, -0.15) is 0 Å². The topological polar surface area (TPSA) is 85.7 Å². The molecule has 0 aromatic carbocycles. The summed E-state index contributed by atoms with van der Waals surface area (Å²) in [6.07, 6.45) is 5.55. The minimum absolute atomic E-state index is 0.0715. The highest BCUT2D eigenvalue weighted by Crippen LogP contribution is 2.23. The second-order valence-corrected chi connectivity index (χ2v) is 6.38. The summed E-state index contributed by atoms with van der Waals surface area (Å²) in [4.78, 5) is 26.2. The monoisotopic (exact) mass is 341 g/mol. The fourth-order valence-corrected chi connectivity index (χ4v) is 2.86. The van der Waals surface area contributed by atoms with E-state index in [-0.39, 0.29) is 11.5 Å². The van der Waals surface area contributed by atoms with Gasteiger partial charge in [-0.3, -0.25) is 9.78 Å². The second kappa shape index (κ2) is 8.55. The Morgan fingerprint density at radius 3 is 2.64 bits per heavy atom. The zero-order valence-corrected chi connectivity index (χ0v) is 15.5. The Labute approximate surface area is 148 Å². The number of nitrogens with one attached hydrogen (secondary N) is 2. The summed E-state index contributed by atoms with van der Waals surface area (Å²) in [5.41, 5.74) is 1.08. The molecule has 0 spiro atoms. The molecule has 0 saturated carbocycles. The van der Waals surface area contributed by atoms with Crippen molar-refractivity contribution in [2.24, 2.45) is 5.92 Å². The Kier molecular flexibility index (Phi) is 6.44. The second-order valence-electron chi connectivity index (χ2n) is 6.38. The molecule has 0 aliphatic rings. The largest absolute Gasteiger partial charge is 0.362 e. The van der Waals surface area contributed by atoms with Crippen molar-refractivity contribution in [1.29, 1.82) is 5.41 Å². The summed E-state index contributed by atoms with van der Waals surface area (Å²) in [7, 11) is 3.68. The number of rotatable bonds is 8. The summed E-state index contributed by atoms with van der Waals surface area (Å²) >= 11 is 0. The van der Waals surface area contributed by atoms with E-state index in [0.29, 0.717) is 28.6 Å². The third-order valence-corrected chi connectivity index (χ3v) is 4.31. The molecule has 1 atom stereocenters. The average Bonchev–Trinajstić information content (AvgIpc) is 2.62. The van der Waals surface area contributed by atoms with Crippen LogP contribution in [0.1, 0.15) is 45.1 Å². The number of unbranched alkanes of at least 4 members (excludes halogenated alkanes) is 1. The first kappa shape index (κ1) is 18.8. The molecule has 0 amide bonds. The van der Waals surface area contributed by atoms with Crippen LogP contribution in [0.4, 0.5) is 5.82 Å². The fraction of sp³-hybridized carbons (Fsp3) is 0.474. The molecule has 0 radical (unpaired) electrons. The standard InChI is InChI=1S/C19H27N5O/c1-5-7-10-13(6-2)16(20)15-18(24(3)4)22-17(23-19(15)25)14-11-8-9-12-21-14/h8-9,11-13,20H,5-7,10H2,1-4H3,(H,22,23,25). The maximum absolute atomic E-state index is 12.8. The van der Waals surface area contributed by atoms with Crippen LogP contribution in [0.25, 0.3) is 11.5 Å². The van der Waals surface area contributed by atoms with Gasteiger partial charge >= 0.3 is 0 Å². The van der Waals surface area contributed by atoms with Crippen LogP contribution in [0.5, 0.6) is 0 Å². The van der Waals surface area contributed by atoms with Crippen molar-refractivity contribution < 1.29 is 0 Å². The minimum atomic E-state index is -0.278. The van der Waals surface area contributed by atoms with Crippen molar-refractivity contribution in [2.75, 3.05) is 19.0 Å². The Morgan fingerprint density at radius 1 is 1.32 bits per heavy atom. The van der Waals surface area contributed by atoms with Crippen LogP contribution < -0.4 is 10.5 Å². The van der Waals surface area contributed by atoms with Crippen molar-refractivity contribution in [3.05, 3.63) is 40.3 Å². The number of H-pyrrole nitrogens is 1. The van der Waals surface area contributed by atoms with E-state index in [4.69, 9.17) is 5.41 Å². The molecule has 0 aliphatic heterocycles. The summed E-state index contributed by atoms with van der Waals surface area (Å²) < 4.78 is 0. The van der Waals surface area contributed by atoms with Crippen molar-refractivity contribution in [3.8, 4) is 11.5 Å². The molecule has 2 aromatic heterocycles. The molecule has 0 bridgehead atoms. The van der Waals surface area contributed by atoms with Crippen molar-refractivity contribution in [3.63, 3.8) is 0 Å². The van der Waals surface area contributed by atoms with Gasteiger partial charge in [-0.1, -0.05) is 32.8 Å². The third-order valence-electron chi connectivity index (χ3n) is 4.31. The van der Waals surface area contributed by atoms with E-state index >= 15 is 0 Å². The first-order valence-electron chi connectivity index (χ1n) is 8.81. The van der Waals surface area contributed by atoms with Gasteiger partial charge in [0.05, 0.1) is 5.71 Å². The van der Waals surface area contributed by atoms with E-state index in [9.17, 15) is 4.79 Å². The number of aromatic amines is 1. The zero-order valence-electron chi connectivity index (χ0n) is 15.5. The van der Waals surface area contributed by atoms with Crippen molar-refractivity contribution >= 4 is 11.5 Å². The fourth-order valence-electron chi connectivity index (χ4n) is 2.86. The van der Waals surface area contributed by atoms with Crippen LogP contribution >= 0.6 is 0 Å². The molecule has 2 heterocycles. The molecule has 6 nitrogen and oxygen atoms in total. The summed E-state index contributed by atoms with van der Waals surface area (Å²) in [6, 6.07) is 5.47. The van der Waals surface area contributed by atoms with E-state index < -0.39 is 0 Å². The quantitative estimate of drug-likeness (QED) is 0.720. The zero-order chi connectivity index (χ0) is 18.4. The van der Waals surface area contributed by atoms with Crippen LogP contribution in [0.15, 0.2) is 29.2 Å². The lowest BCUT2D eigenvalue weighted by molar-refractivity contribution is 0.566. The molecule has 0 aliphatic carbocycles. The Hall–Kier alpha value is -2.50. The molecule has 134 valence electrons. The van der Waals surface area contributed by atoms with Crippen LogP contribution in [0.2, 0.25) is 0 Å². The number of hydrogen-bond acceptors (Lipinski definition) is 5. The molecule has 2 rings (SSSR count). The summed E-state index contributed by atoms with van der Waals surface area (Å²) in [5.74, 6) is 1.01. The smallest absolute Gasteiger partial charge is 0.262 e. The van der Waals surface area contributed by atoms with Crippen LogP contribution in [0, 0.1) is 11.3 Å². The SMILES string of the molecule is CCCCC(CC)C(=N)c1c(N(C)C)nc(-c2ccccn2)[nH]c1=O. The van der Waals surface area contributed by atoms with Gasteiger partial charge in [0.2, 0.25) is 0 Å². The van der Waals surface area contributed by atoms with Crippen LogP contribution in [-0.4, -0.2) is 34.8 Å². The normalized spacial score (nSPS) is 12.0. The molecule has 0 saturated heterocycles. The lowest BCUT2D eigenvalue weighted by Gasteiger charge is -2.21. The predicted octanol–water partition coefficient (Wildman–Crippen LogP) is 3.48.